The van der Waals surface area contributed by atoms with Crippen LogP contribution in [0.5, 0.6) is 0 Å². The van der Waals surface area contributed by atoms with Gasteiger partial charge in [0.15, 0.2) is 5.78 Å². The number of fused-ring (bicyclic) bond motifs is 1. The van der Waals surface area contributed by atoms with Gasteiger partial charge in [0.1, 0.15) is 0 Å². The van der Waals surface area contributed by atoms with Crippen LogP contribution in [0.3, 0.4) is 0 Å². The Morgan fingerprint density at radius 2 is 2.00 bits per heavy atom. The number of carbonyl (C=O) groups is 1. The van der Waals surface area contributed by atoms with E-state index in [2.05, 4.69) is 29.2 Å². The van der Waals surface area contributed by atoms with Crippen LogP contribution in [0.25, 0.3) is 20.7 Å². The topological polar surface area (TPSA) is 50.2 Å². The average molecular weight is 502 g/mol. The molecule has 1 N–H and O–H groups in total. The van der Waals surface area contributed by atoms with Crippen LogP contribution in [-0.2, 0) is 24.9 Å². The molecule has 0 saturated carbocycles. The van der Waals surface area contributed by atoms with E-state index < -0.39 is 0 Å². The summed E-state index contributed by atoms with van der Waals surface area (Å²) in [6, 6.07) is 18.4. The molecule has 0 amide bonds. The molecule has 3 nitrogen and oxygen atoms in total. The number of carbonyl (C=O) groups excluding carboxylic acids is 1. The Balaban J connectivity index is 0.000000287. The maximum Gasteiger partial charge on any atom is 0.155 e. The zero-order valence-corrected chi connectivity index (χ0v) is 15.9. The summed E-state index contributed by atoms with van der Waals surface area (Å²) in [5.41, 5.74) is 0.874. The molecule has 2 aromatic heterocycles. The number of hydrogen-bond acceptors (Lipinski definition) is 4. The summed E-state index contributed by atoms with van der Waals surface area (Å²) in [6.45, 7) is 2.85. The molecule has 0 aliphatic carbocycles. The van der Waals surface area contributed by atoms with Crippen LogP contribution in [0, 0.1) is 12.1 Å². The van der Waals surface area contributed by atoms with Gasteiger partial charge in [-0.3, -0.25) is 16.1 Å². The first-order valence-corrected chi connectivity index (χ1v) is 7.49. The fourth-order valence-corrected chi connectivity index (χ4v) is 2.73. The number of hydrogen-bond donors (Lipinski definition) is 1. The van der Waals surface area contributed by atoms with Gasteiger partial charge in [0.25, 0.3) is 0 Å². The largest absolute Gasteiger partial charge is 0.512 e. The smallest absolute Gasteiger partial charge is 0.155 e. The average Bonchev–Trinajstić information content (AvgIpc) is 2.91. The molecule has 0 spiro atoms. The van der Waals surface area contributed by atoms with Gasteiger partial charge >= 0.3 is 0 Å². The number of rotatable bonds is 2. The molecule has 1 aromatic carbocycles. The molecule has 0 bridgehead atoms. The Kier molecular flexibility index (Phi) is 7.82. The Morgan fingerprint density at radius 3 is 2.52 bits per heavy atom. The number of ketones is 1. The minimum absolute atomic E-state index is 0. The van der Waals surface area contributed by atoms with E-state index in [1.54, 1.807) is 17.5 Å². The van der Waals surface area contributed by atoms with Crippen molar-refractivity contribution in [1.29, 1.82) is 0 Å². The fourth-order valence-electron chi connectivity index (χ4n) is 1.77. The molecule has 121 valence electrons. The van der Waals surface area contributed by atoms with Gasteiger partial charge in [-0.25, -0.2) is 6.07 Å². The third kappa shape index (κ3) is 6.06. The molecule has 0 aliphatic heterocycles. The predicted octanol–water partition coefficient (Wildman–Crippen LogP) is 4.60. The molecular weight excluding hydrogens is 486 g/mol. The van der Waals surface area contributed by atoms with E-state index in [9.17, 15) is 4.79 Å². The van der Waals surface area contributed by atoms with E-state index in [1.165, 1.54) is 24.6 Å². The van der Waals surface area contributed by atoms with Gasteiger partial charge < -0.3 is 10.1 Å². The summed E-state index contributed by atoms with van der Waals surface area (Å²) in [5, 5.41) is 9.51. The molecule has 0 atom stereocenters. The number of aliphatic hydroxyl groups excluding tert-OH is 1. The number of pyridine rings is 1. The molecule has 0 aliphatic rings. The van der Waals surface area contributed by atoms with Gasteiger partial charge in [0, 0.05) is 26.2 Å². The monoisotopic (exact) mass is 502 g/mol. The maximum atomic E-state index is 10.0. The number of allylic oxidation sites excluding steroid dienone is 2. The zero-order valence-electron chi connectivity index (χ0n) is 12.7. The molecule has 2 heterocycles. The van der Waals surface area contributed by atoms with Crippen molar-refractivity contribution in [2.75, 3.05) is 0 Å². The Hall–Kier alpha value is -1.81. The first-order chi connectivity index (χ1) is 10.6. The minimum atomic E-state index is -0.125. The number of nitrogens with zero attached hydrogens (tertiary/aromatic N) is 1. The number of aromatic nitrogens is 1. The molecule has 0 saturated heterocycles. The van der Waals surface area contributed by atoms with E-state index in [1.807, 2.05) is 24.3 Å². The summed E-state index contributed by atoms with van der Waals surface area (Å²) in [6.07, 6.45) is 2.95. The summed E-state index contributed by atoms with van der Waals surface area (Å²) in [5.74, 6) is -0.0625. The van der Waals surface area contributed by atoms with Crippen LogP contribution < -0.4 is 0 Å². The van der Waals surface area contributed by atoms with E-state index in [0.29, 0.717) is 0 Å². The van der Waals surface area contributed by atoms with Gasteiger partial charge in [-0.15, -0.1) is 34.2 Å². The van der Waals surface area contributed by atoms with Crippen LogP contribution in [0.2, 0.25) is 0 Å². The summed E-state index contributed by atoms with van der Waals surface area (Å²) in [7, 11) is 0. The second-order valence-electron chi connectivity index (χ2n) is 4.58. The summed E-state index contributed by atoms with van der Waals surface area (Å²) < 4.78 is 1.24. The molecule has 0 fully saturated rings. The first kappa shape index (κ1) is 19.2. The van der Waals surface area contributed by atoms with Crippen molar-refractivity contribution in [1.82, 2.24) is 4.98 Å². The third-order valence-corrected chi connectivity index (χ3v) is 3.66. The Bertz CT molecular complexity index is 760. The minimum Gasteiger partial charge on any atom is -0.512 e. The van der Waals surface area contributed by atoms with Gasteiger partial charge in [-0.1, -0.05) is 16.8 Å². The van der Waals surface area contributed by atoms with Crippen LogP contribution in [0.15, 0.2) is 54.4 Å². The normalized spacial score (nSPS) is 10.4. The molecule has 5 heteroatoms. The number of aliphatic hydroxyl groups is 1. The van der Waals surface area contributed by atoms with E-state index in [0.717, 1.165) is 16.0 Å². The quantitative estimate of drug-likeness (QED) is 0.317. The second kappa shape index (κ2) is 9.36. The van der Waals surface area contributed by atoms with E-state index in [4.69, 9.17) is 5.11 Å². The van der Waals surface area contributed by atoms with Gasteiger partial charge in [-0.05, 0) is 20.0 Å². The molecule has 3 aromatic rings. The van der Waals surface area contributed by atoms with Gasteiger partial charge in [-0.2, -0.15) is 12.1 Å². The molecule has 23 heavy (non-hydrogen) atoms. The van der Waals surface area contributed by atoms with Crippen LogP contribution >= 0.6 is 11.3 Å². The molecule has 0 unspecified atom stereocenters. The fraction of sp³-hybridized carbons (Fsp3) is 0.111. The third-order valence-electron chi connectivity index (χ3n) is 2.58. The van der Waals surface area contributed by atoms with Crippen molar-refractivity contribution in [2.45, 2.75) is 13.8 Å². The molecule has 3 rings (SSSR count). The first-order valence-electron chi connectivity index (χ1n) is 6.68. The molecular formula is C18H15IrNO2S-2. The van der Waals surface area contributed by atoms with E-state index >= 15 is 0 Å². The zero-order chi connectivity index (χ0) is 15.9. The van der Waals surface area contributed by atoms with Crippen LogP contribution in [-0.4, -0.2) is 15.9 Å². The van der Waals surface area contributed by atoms with Crippen molar-refractivity contribution in [3.8, 4) is 10.6 Å². The maximum absolute atomic E-state index is 10.0. The van der Waals surface area contributed by atoms with Gasteiger partial charge in [0.2, 0.25) is 0 Å². The van der Waals surface area contributed by atoms with Crippen molar-refractivity contribution < 1.29 is 30.0 Å². The Labute approximate surface area is 153 Å². The van der Waals surface area contributed by atoms with Crippen molar-refractivity contribution in [3.63, 3.8) is 0 Å². The number of benzene rings is 1. The molecule has 1 radical (unpaired) electrons. The van der Waals surface area contributed by atoms with Crippen molar-refractivity contribution in [3.05, 3.63) is 66.6 Å². The Morgan fingerprint density at radius 1 is 1.26 bits per heavy atom. The van der Waals surface area contributed by atoms with Crippen LogP contribution in [0.4, 0.5) is 0 Å². The second-order valence-corrected chi connectivity index (χ2v) is 5.63. The standard InChI is InChI=1S/C13H7NS.C5H8O2.Ir/c1-2-7-12-10(5-1)9-13(15-12)11-6-3-4-8-14-11;1-4(6)3-5(2)7;/h1-5,7-8H;3,6H,1-2H3;/q-2;;. The SMILES string of the molecule is CC(=O)C=C(C)O.[Ir].[c-]1cccnc1-c1[c-]c2ccccc2s1. The summed E-state index contributed by atoms with van der Waals surface area (Å²) >= 11 is 1.70. The predicted molar refractivity (Wildman–Crippen MR) is 89.8 cm³/mol. The van der Waals surface area contributed by atoms with Crippen molar-refractivity contribution in [2.24, 2.45) is 0 Å². The number of thiophene rings is 1. The van der Waals surface area contributed by atoms with Crippen LogP contribution in [0.1, 0.15) is 13.8 Å². The van der Waals surface area contributed by atoms with Crippen molar-refractivity contribution >= 4 is 27.2 Å². The van der Waals surface area contributed by atoms with Gasteiger partial charge in [0.05, 0.1) is 5.76 Å². The summed E-state index contributed by atoms with van der Waals surface area (Å²) in [4.78, 5) is 15.3. The van der Waals surface area contributed by atoms with E-state index in [-0.39, 0.29) is 31.6 Å².